The highest BCUT2D eigenvalue weighted by Gasteiger charge is 2.47. The van der Waals surface area contributed by atoms with Gasteiger partial charge in [-0.05, 0) is 30.0 Å². The molecule has 0 amide bonds. The Labute approximate surface area is 119 Å². The van der Waals surface area contributed by atoms with E-state index in [0.29, 0.717) is 12.5 Å². The van der Waals surface area contributed by atoms with E-state index in [-0.39, 0.29) is 12.0 Å². The summed E-state index contributed by atoms with van der Waals surface area (Å²) < 4.78 is 5.59. The Balaban J connectivity index is 1.69. The molecule has 2 atom stereocenters. The van der Waals surface area contributed by atoms with Crippen LogP contribution in [0, 0.1) is 11.3 Å². The van der Waals surface area contributed by atoms with E-state index >= 15 is 0 Å². The fraction of sp³-hybridized carbons (Fsp3) is 0.600. The minimum Gasteiger partial charge on any atom is -0.396 e. The van der Waals surface area contributed by atoms with Crippen molar-refractivity contribution in [2.45, 2.75) is 13.0 Å². The molecule has 1 aromatic carbocycles. The molecular formula is C15H20ClNO2. The quantitative estimate of drug-likeness (QED) is 0.922. The molecule has 0 unspecified atom stereocenters. The highest BCUT2D eigenvalue weighted by atomic mass is 35.5. The zero-order valence-corrected chi connectivity index (χ0v) is 11.8. The molecule has 2 aliphatic heterocycles. The van der Waals surface area contributed by atoms with E-state index in [2.05, 4.69) is 17.0 Å². The third-order valence-corrected chi connectivity index (χ3v) is 4.77. The zero-order valence-electron chi connectivity index (χ0n) is 11.0. The molecule has 1 aromatic rings. The summed E-state index contributed by atoms with van der Waals surface area (Å²) in [6.45, 7) is 4.68. The molecule has 0 radical (unpaired) electrons. The van der Waals surface area contributed by atoms with Gasteiger partial charge in [0.15, 0.2) is 0 Å². The van der Waals surface area contributed by atoms with Gasteiger partial charge in [0.05, 0.1) is 13.2 Å². The summed E-state index contributed by atoms with van der Waals surface area (Å²) in [4.78, 5) is 2.43. The van der Waals surface area contributed by atoms with Gasteiger partial charge in [0, 0.05) is 36.7 Å². The first-order valence-electron chi connectivity index (χ1n) is 6.87. The first kappa shape index (κ1) is 13.4. The van der Waals surface area contributed by atoms with Gasteiger partial charge < -0.3 is 9.84 Å². The van der Waals surface area contributed by atoms with E-state index in [1.54, 1.807) is 0 Å². The van der Waals surface area contributed by atoms with Crippen LogP contribution in [0.1, 0.15) is 12.0 Å². The van der Waals surface area contributed by atoms with Crippen LogP contribution in [-0.4, -0.2) is 42.9 Å². The number of ether oxygens (including phenoxy) is 1. The van der Waals surface area contributed by atoms with Gasteiger partial charge in [-0.15, -0.1) is 0 Å². The second-order valence-corrected chi connectivity index (χ2v) is 6.29. The zero-order chi connectivity index (χ0) is 13.3. The number of aliphatic hydroxyl groups excluding tert-OH is 1. The van der Waals surface area contributed by atoms with Gasteiger partial charge in [0.1, 0.15) is 0 Å². The van der Waals surface area contributed by atoms with E-state index < -0.39 is 0 Å². The molecule has 2 saturated heterocycles. The van der Waals surface area contributed by atoms with Gasteiger partial charge in [-0.25, -0.2) is 0 Å². The van der Waals surface area contributed by atoms with E-state index in [1.807, 2.05) is 12.1 Å². The molecule has 4 heteroatoms. The van der Waals surface area contributed by atoms with Crippen LogP contribution in [0.3, 0.4) is 0 Å². The molecule has 0 aliphatic carbocycles. The van der Waals surface area contributed by atoms with E-state index in [0.717, 1.165) is 37.7 Å². The maximum Gasteiger partial charge on any atom is 0.0559 e. The van der Waals surface area contributed by atoms with E-state index in [4.69, 9.17) is 16.3 Å². The summed E-state index contributed by atoms with van der Waals surface area (Å²) >= 11 is 5.91. The lowest BCUT2D eigenvalue weighted by atomic mass is 9.76. The SMILES string of the molecule is OC[C@]12COCC[C@H]1CN(Cc1ccc(Cl)cc1)C2. The summed E-state index contributed by atoms with van der Waals surface area (Å²) in [7, 11) is 0. The molecule has 1 N–H and O–H groups in total. The van der Waals surface area contributed by atoms with Gasteiger partial charge >= 0.3 is 0 Å². The number of hydrogen-bond donors (Lipinski definition) is 1. The molecule has 2 heterocycles. The number of nitrogens with zero attached hydrogens (tertiary/aromatic N) is 1. The fourth-order valence-electron chi connectivity index (χ4n) is 3.40. The van der Waals surface area contributed by atoms with Crippen LogP contribution >= 0.6 is 11.6 Å². The van der Waals surface area contributed by atoms with Crippen molar-refractivity contribution in [3.8, 4) is 0 Å². The lowest BCUT2D eigenvalue weighted by molar-refractivity contribution is -0.0561. The molecule has 0 aromatic heterocycles. The molecule has 0 spiro atoms. The maximum atomic E-state index is 9.75. The maximum absolute atomic E-state index is 9.75. The molecule has 3 nitrogen and oxygen atoms in total. The first-order valence-corrected chi connectivity index (χ1v) is 7.25. The second-order valence-electron chi connectivity index (χ2n) is 5.85. The Morgan fingerprint density at radius 2 is 2.16 bits per heavy atom. The molecule has 0 saturated carbocycles. The van der Waals surface area contributed by atoms with Crippen LogP contribution in [0.2, 0.25) is 5.02 Å². The molecule has 2 fully saturated rings. The van der Waals surface area contributed by atoms with Crippen molar-refractivity contribution in [2.24, 2.45) is 11.3 Å². The normalized spacial score (nSPS) is 31.4. The van der Waals surface area contributed by atoms with Gasteiger partial charge in [-0.2, -0.15) is 0 Å². The average Bonchev–Trinajstić information content (AvgIpc) is 2.80. The lowest BCUT2D eigenvalue weighted by Crippen LogP contribution is -2.42. The Hall–Kier alpha value is -0.610. The number of rotatable bonds is 3. The van der Waals surface area contributed by atoms with E-state index in [1.165, 1.54) is 5.56 Å². The average molecular weight is 282 g/mol. The smallest absolute Gasteiger partial charge is 0.0559 e. The summed E-state index contributed by atoms with van der Waals surface area (Å²) in [5.41, 5.74) is 1.24. The van der Waals surface area contributed by atoms with Crippen molar-refractivity contribution in [2.75, 3.05) is 32.9 Å². The molecule has 0 bridgehead atoms. The minimum absolute atomic E-state index is 0.0370. The highest BCUT2D eigenvalue weighted by molar-refractivity contribution is 6.30. The summed E-state index contributed by atoms with van der Waals surface area (Å²) in [5.74, 6) is 0.568. The van der Waals surface area contributed by atoms with Crippen LogP contribution in [0.4, 0.5) is 0 Å². The van der Waals surface area contributed by atoms with Crippen molar-refractivity contribution in [3.05, 3.63) is 34.9 Å². The van der Waals surface area contributed by atoms with Crippen LogP contribution in [0.5, 0.6) is 0 Å². The van der Waals surface area contributed by atoms with Crippen molar-refractivity contribution in [1.29, 1.82) is 0 Å². The number of benzene rings is 1. The van der Waals surface area contributed by atoms with Gasteiger partial charge in [0.2, 0.25) is 0 Å². The monoisotopic (exact) mass is 281 g/mol. The number of halogens is 1. The molecule has 3 rings (SSSR count). The summed E-state index contributed by atoms with van der Waals surface area (Å²) in [6, 6.07) is 8.02. The first-order chi connectivity index (χ1) is 9.22. The number of likely N-dealkylation sites (tertiary alicyclic amines) is 1. The van der Waals surface area contributed by atoms with Crippen molar-refractivity contribution < 1.29 is 9.84 Å². The third-order valence-electron chi connectivity index (χ3n) is 4.52. The second kappa shape index (κ2) is 5.41. The van der Waals surface area contributed by atoms with E-state index in [9.17, 15) is 5.11 Å². The highest BCUT2D eigenvalue weighted by Crippen LogP contribution is 2.41. The summed E-state index contributed by atoms with van der Waals surface area (Å²) in [6.07, 6.45) is 1.07. The summed E-state index contributed by atoms with van der Waals surface area (Å²) in [5, 5.41) is 10.5. The predicted octanol–water partition coefficient (Wildman–Crippen LogP) is 2.17. The van der Waals surface area contributed by atoms with Crippen LogP contribution < -0.4 is 0 Å². The van der Waals surface area contributed by atoms with Crippen molar-refractivity contribution in [3.63, 3.8) is 0 Å². The van der Waals surface area contributed by atoms with Gasteiger partial charge in [-0.1, -0.05) is 23.7 Å². The number of fused-ring (bicyclic) bond motifs is 1. The largest absolute Gasteiger partial charge is 0.396 e. The number of aliphatic hydroxyl groups is 1. The Morgan fingerprint density at radius 3 is 2.84 bits per heavy atom. The van der Waals surface area contributed by atoms with Gasteiger partial charge in [-0.3, -0.25) is 4.90 Å². The van der Waals surface area contributed by atoms with Crippen LogP contribution in [0.15, 0.2) is 24.3 Å². The van der Waals surface area contributed by atoms with Crippen molar-refractivity contribution >= 4 is 11.6 Å². The Morgan fingerprint density at radius 1 is 1.37 bits per heavy atom. The predicted molar refractivity (Wildman–Crippen MR) is 75.2 cm³/mol. The Kier molecular flexibility index (Phi) is 3.81. The van der Waals surface area contributed by atoms with Crippen LogP contribution in [0.25, 0.3) is 0 Å². The standard InChI is InChI=1S/C15H20ClNO2/c16-14-3-1-12(2-4-14)7-17-8-13-5-6-19-11-15(13,9-17)10-18/h1-4,13,18H,5-11H2/t13-,15+/m0/s1. The molecule has 19 heavy (non-hydrogen) atoms. The molecule has 2 aliphatic rings. The fourth-order valence-corrected chi connectivity index (χ4v) is 3.53. The topological polar surface area (TPSA) is 32.7 Å². The minimum atomic E-state index is -0.0370. The van der Waals surface area contributed by atoms with Crippen LogP contribution in [-0.2, 0) is 11.3 Å². The molecular weight excluding hydrogens is 262 g/mol. The molecule has 104 valence electrons. The van der Waals surface area contributed by atoms with Crippen molar-refractivity contribution in [1.82, 2.24) is 4.90 Å². The van der Waals surface area contributed by atoms with Gasteiger partial charge in [0.25, 0.3) is 0 Å². The lowest BCUT2D eigenvalue weighted by Gasteiger charge is -2.36. The Bertz CT molecular complexity index is 436. The third kappa shape index (κ3) is 2.65. The number of hydrogen-bond acceptors (Lipinski definition) is 3.